The van der Waals surface area contributed by atoms with Crippen LogP contribution in [0.15, 0.2) is 0 Å². The summed E-state index contributed by atoms with van der Waals surface area (Å²) < 4.78 is 0.863. The minimum Gasteiger partial charge on any atom is -1.00 e. The highest BCUT2D eigenvalue weighted by atomic mass is 127. The molecule has 0 aromatic heterocycles. The third kappa shape index (κ3) is 3.37. The Labute approximate surface area is 90.4 Å². The molecule has 0 bridgehead atoms. The van der Waals surface area contributed by atoms with E-state index in [1.54, 1.807) is 0 Å². The molecule has 72 valence electrons. The molecule has 1 aliphatic heterocycles. The van der Waals surface area contributed by atoms with Gasteiger partial charge in [0.15, 0.2) is 0 Å². The molecule has 0 radical (unpaired) electrons. The number of Topliss-reactive ketones (excluding diaryl/α,β-unsaturated/α-hetero) is 1. The quantitative estimate of drug-likeness (QED) is 0.428. The van der Waals surface area contributed by atoms with Crippen molar-refractivity contribution in [3.05, 3.63) is 0 Å². The van der Waals surface area contributed by atoms with Crippen molar-refractivity contribution in [2.45, 2.75) is 12.8 Å². The summed E-state index contributed by atoms with van der Waals surface area (Å²) in [5.41, 5.74) is 0. The Morgan fingerprint density at radius 1 is 1.42 bits per heavy atom. The summed E-state index contributed by atoms with van der Waals surface area (Å²) in [7, 11) is 2.10. The van der Waals surface area contributed by atoms with Crippen LogP contribution >= 0.6 is 0 Å². The van der Waals surface area contributed by atoms with Gasteiger partial charge in [-0.05, 0) is 0 Å². The number of carbonyl (C=O) groups excluding carboxylic acids is 1. The van der Waals surface area contributed by atoms with Crippen molar-refractivity contribution in [3.63, 3.8) is 0 Å². The van der Waals surface area contributed by atoms with Gasteiger partial charge in [0.05, 0.1) is 39.6 Å². The zero-order valence-electron chi connectivity index (χ0n) is 7.42. The van der Waals surface area contributed by atoms with E-state index in [0.29, 0.717) is 18.6 Å². The summed E-state index contributed by atoms with van der Waals surface area (Å²) in [6.07, 6.45) is 1.38. The molecular weight excluding hydrogens is 269 g/mol. The van der Waals surface area contributed by atoms with Crippen LogP contribution in [0.1, 0.15) is 12.8 Å². The lowest BCUT2D eigenvalue weighted by molar-refractivity contribution is -0.911. The van der Waals surface area contributed by atoms with Gasteiger partial charge in [-0.3, -0.25) is 4.79 Å². The normalized spacial score (nSPS) is 21.7. The van der Waals surface area contributed by atoms with E-state index >= 15 is 0 Å². The lowest BCUT2D eigenvalue weighted by Gasteiger charge is -2.36. The number of aliphatic hydroxyl groups excluding tert-OH is 1. The van der Waals surface area contributed by atoms with E-state index in [2.05, 4.69) is 7.05 Å². The Morgan fingerprint density at radius 3 is 2.33 bits per heavy atom. The summed E-state index contributed by atoms with van der Waals surface area (Å²) in [5.74, 6) is 0.374. The Hall–Kier alpha value is 0.320. The first-order valence-corrected chi connectivity index (χ1v) is 4.12. The number of ketones is 1. The lowest BCUT2D eigenvalue weighted by Crippen LogP contribution is -3.00. The van der Waals surface area contributed by atoms with Gasteiger partial charge in [-0.15, -0.1) is 0 Å². The van der Waals surface area contributed by atoms with Crippen LogP contribution in [0.2, 0.25) is 0 Å². The van der Waals surface area contributed by atoms with E-state index in [9.17, 15) is 4.79 Å². The van der Waals surface area contributed by atoms with Gasteiger partial charge in [0.2, 0.25) is 0 Å². The molecule has 1 saturated heterocycles. The molecule has 12 heavy (non-hydrogen) atoms. The molecular formula is C8H16INO2. The van der Waals surface area contributed by atoms with Crippen molar-refractivity contribution in [2.75, 3.05) is 33.3 Å². The molecule has 1 heterocycles. The van der Waals surface area contributed by atoms with Gasteiger partial charge in [-0.1, -0.05) is 0 Å². The summed E-state index contributed by atoms with van der Waals surface area (Å²) in [4.78, 5) is 10.9. The number of rotatable bonds is 2. The summed E-state index contributed by atoms with van der Waals surface area (Å²) in [6, 6.07) is 0. The maximum Gasteiger partial charge on any atom is 0.144 e. The van der Waals surface area contributed by atoms with Crippen molar-refractivity contribution < 1.29 is 38.4 Å². The fourth-order valence-corrected chi connectivity index (χ4v) is 1.49. The number of aliphatic hydroxyl groups is 1. The number of hydrogen-bond acceptors (Lipinski definition) is 2. The fraction of sp³-hybridized carbons (Fsp3) is 0.875. The molecule has 1 aliphatic rings. The zero-order valence-corrected chi connectivity index (χ0v) is 9.58. The lowest BCUT2D eigenvalue weighted by atomic mass is 10.1. The highest BCUT2D eigenvalue weighted by molar-refractivity contribution is 5.78. The molecule has 0 aliphatic carbocycles. The number of likely N-dealkylation sites (N-methyl/N-ethyl adjacent to an activating group) is 1. The van der Waals surface area contributed by atoms with Crippen LogP contribution in [-0.2, 0) is 4.79 Å². The van der Waals surface area contributed by atoms with Gasteiger partial charge in [0.1, 0.15) is 12.3 Å². The van der Waals surface area contributed by atoms with Gasteiger partial charge in [0.25, 0.3) is 0 Å². The molecule has 1 N–H and O–H groups in total. The molecule has 1 rings (SSSR count). The number of nitrogens with zero attached hydrogens (tertiary/aromatic N) is 1. The molecule has 0 atom stereocenters. The summed E-state index contributed by atoms with van der Waals surface area (Å²) >= 11 is 0. The minimum atomic E-state index is 0. The van der Waals surface area contributed by atoms with E-state index in [1.165, 1.54) is 0 Å². The standard InChI is InChI=1S/C8H16NO2.HI/c1-9(6-7-10)4-2-8(11)3-5-9;/h10H,2-7H2,1H3;1H/q+1;/p-1. The second-order valence-corrected chi connectivity index (χ2v) is 3.55. The number of likely N-dealkylation sites (tertiary alicyclic amines) is 1. The smallest absolute Gasteiger partial charge is 0.144 e. The van der Waals surface area contributed by atoms with Crippen molar-refractivity contribution in [1.29, 1.82) is 0 Å². The van der Waals surface area contributed by atoms with Crippen LogP contribution in [0.25, 0.3) is 0 Å². The molecule has 0 aromatic carbocycles. The molecule has 3 nitrogen and oxygen atoms in total. The topological polar surface area (TPSA) is 37.3 Å². The third-order valence-corrected chi connectivity index (χ3v) is 2.50. The molecule has 4 heteroatoms. The average Bonchev–Trinajstić information content (AvgIpc) is 1.97. The first kappa shape index (κ1) is 12.3. The monoisotopic (exact) mass is 285 g/mol. The Balaban J connectivity index is 0.00000121. The predicted molar refractivity (Wildman–Crippen MR) is 42.1 cm³/mol. The van der Waals surface area contributed by atoms with Crippen molar-refractivity contribution >= 4 is 5.78 Å². The molecule has 0 aromatic rings. The van der Waals surface area contributed by atoms with E-state index in [0.717, 1.165) is 24.1 Å². The third-order valence-electron chi connectivity index (χ3n) is 2.50. The molecule has 0 saturated carbocycles. The average molecular weight is 285 g/mol. The van der Waals surface area contributed by atoms with Crippen LogP contribution in [0.5, 0.6) is 0 Å². The van der Waals surface area contributed by atoms with Crippen LogP contribution in [-0.4, -0.2) is 48.7 Å². The SMILES string of the molecule is C[N+]1(CCO)CCC(=O)CC1.[I-]. The second kappa shape index (κ2) is 5.14. The zero-order chi connectivity index (χ0) is 8.32. The summed E-state index contributed by atoms with van der Waals surface area (Å²) in [6.45, 7) is 2.82. The maximum absolute atomic E-state index is 10.9. The van der Waals surface area contributed by atoms with Crippen LogP contribution in [0, 0.1) is 0 Å². The van der Waals surface area contributed by atoms with Gasteiger partial charge in [-0.25, -0.2) is 0 Å². The largest absolute Gasteiger partial charge is 1.00 e. The van der Waals surface area contributed by atoms with E-state index in [-0.39, 0.29) is 30.6 Å². The Kier molecular flexibility index (Phi) is 5.27. The van der Waals surface area contributed by atoms with Crippen molar-refractivity contribution in [1.82, 2.24) is 0 Å². The first-order valence-electron chi connectivity index (χ1n) is 4.12. The first-order chi connectivity index (χ1) is 5.16. The number of carbonyl (C=O) groups is 1. The van der Waals surface area contributed by atoms with E-state index in [1.807, 2.05) is 0 Å². The molecule has 0 amide bonds. The molecule has 1 fully saturated rings. The number of piperidine rings is 1. The second-order valence-electron chi connectivity index (χ2n) is 3.55. The fourth-order valence-electron chi connectivity index (χ4n) is 1.49. The Morgan fingerprint density at radius 2 is 1.92 bits per heavy atom. The highest BCUT2D eigenvalue weighted by Crippen LogP contribution is 2.12. The van der Waals surface area contributed by atoms with Gasteiger partial charge in [0, 0.05) is 0 Å². The van der Waals surface area contributed by atoms with Crippen molar-refractivity contribution in [2.24, 2.45) is 0 Å². The van der Waals surface area contributed by atoms with Gasteiger partial charge in [-0.2, -0.15) is 0 Å². The van der Waals surface area contributed by atoms with Crippen LogP contribution < -0.4 is 24.0 Å². The molecule has 0 unspecified atom stereocenters. The number of hydrogen-bond donors (Lipinski definition) is 1. The number of halogens is 1. The van der Waals surface area contributed by atoms with Crippen LogP contribution in [0.4, 0.5) is 0 Å². The van der Waals surface area contributed by atoms with E-state index < -0.39 is 0 Å². The predicted octanol–water partition coefficient (Wildman–Crippen LogP) is -3.21. The van der Waals surface area contributed by atoms with E-state index in [4.69, 9.17) is 5.11 Å². The Bertz CT molecular complexity index is 151. The van der Waals surface area contributed by atoms with Gasteiger partial charge < -0.3 is 33.6 Å². The van der Waals surface area contributed by atoms with Gasteiger partial charge >= 0.3 is 0 Å². The minimum absolute atomic E-state index is 0. The highest BCUT2D eigenvalue weighted by Gasteiger charge is 2.27. The summed E-state index contributed by atoms with van der Waals surface area (Å²) in [5, 5.41) is 8.75. The van der Waals surface area contributed by atoms with Crippen LogP contribution in [0.3, 0.4) is 0 Å². The number of quaternary nitrogens is 1. The maximum atomic E-state index is 10.9. The molecule has 0 spiro atoms. The van der Waals surface area contributed by atoms with Crippen molar-refractivity contribution in [3.8, 4) is 0 Å².